The molecule has 37 heavy (non-hydrogen) atoms. The molecule has 3 fully saturated rings. The molecule has 3 aliphatic rings. The smallest absolute Gasteiger partial charge is 0.234 e. The van der Waals surface area contributed by atoms with Crippen LogP contribution in [-0.4, -0.2) is 46.0 Å². The third-order valence-electron chi connectivity index (χ3n) is 9.18. The van der Waals surface area contributed by atoms with Crippen LogP contribution in [0.4, 0.5) is 0 Å². The molecule has 4 atom stereocenters. The van der Waals surface area contributed by atoms with E-state index in [2.05, 4.69) is 39.9 Å². The monoisotopic (exact) mass is 500 g/mol. The Balaban J connectivity index is 1.02. The minimum absolute atomic E-state index is 0.203. The van der Waals surface area contributed by atoms with Crippen LogP contribution >= 0.6 is 0 Å². The van der Waals surface area contributed by atoms with Gasteiger partial charge in [0, 0.05) is 12.6 Å². The van der Waals surface area contributed by atoms with E-state index < -0.39 is 0 Å². The largest absolute Gasteiger partial charge is 0.486 e. The molecule has 2 bridgehead atoms. The number of amides is 1. The number of rotatable bonds is 9. The maximum absolute atomic E-state index is 12.8. The van der Waals surface area contributed by atoms with E-state index in [1.807, 2.05) is 36.4 Å². The van der Waals surface area contributed by atoms with E-state index in [9.17, 15) is 4.79 Å². The summed E-state index contributed by atoms with van der Waals surface area (Å²) >= 11 is 0. The van der Waals surface area contributed by atoms with Crippen LogP contribution in [0.2, 0.25) is 0 Å². The van der Waals surface area contributed by atoms with Crippen molar-refractivity contribution in [2.24, 2.45) is 23.7 Å². The highest BCUT2D eigenvalue weighted by Gasteiger charge is 2.42. The predicted molar refractivity (Wildman–Crippen MR) is 146 cm³/mol. The number of fused-ring (bicyclic) bond motifs is 3. The number of carbonyl (C=O) groups is 1. The first-order chi connectivity index (χ1) is 18.1. The van der Waals surface area contributed by atoms with Crippen molar-refractivity contribution in [2.45, 2.75) is 64.6 Å². The zero-order chi connectivity index (χ0) is 25.2. The lowest BCUT2D eigenvalue weighted by Crippen LogP contribution is -2.46. The van der Waals surface area contributed by atoms with Crippen molar-refractivity contribution < 1.29 is 9.53 Å². The number of carbonyl (C=O) groups excluding carboxylic acids is 1. The lowest BCUT2D eigenvalue weighted by atomic mass is 9.84. The third kappa shape index (κ3) is 5.54. The molecular weight excluding hydrogens is 460 g/mol. The van der Waals surface area contributed by atoms with E-state index in [1.165, 1.54) is 31.2 Å². The number of hydrogen-bond donors (Lipinski definition) is 1. The van der Waals surface area contributed by atoms with E-state index in [-0.39, 0.29) is 5.91 Å². The minimum Gasteiger partial charge on any atom is -0.486 e. The van der Waals surface area contributed by atoms with Crippen molar-refractivity contribution in [1.29, 1.82) is 0 Å². The van der Waals surface area contributed by atoms with E-state index in [0.717, 1.165) is 61.4 Å². The Morgan fingerprint density at radius 2 is 1.81 bits per heavy atom. The number of hydrogen-bond acceptors (Lipinski definition) is 4. The van der Waals surface area contributed by atoms with Gasteiger partial charge in [0.2, 0.25) is 5.91 Å². The molecule has 1 N–H and O–H groups in total. The fraction of sp³-hybridized carbons (Fsp3) is 0.548. The molecule has 4 unspecified atom stereocenters. The maximum atomic E-state index is 12.8. The highest BCUT2D eigenvalue weighted by atomic mass is 16.5. The van der Waals surface area contributed by atoms with Crippen LogP contribution in [0.5, 0.6) is 5.75 Å². The summed E-state index contributed by atoms with van der Waals surface area (Å²) < 4.78 is 8.41. The van der Waals surface area contributed by atoms with Gasteiger partial charge in [-0.2, -0.15) is 0 Å². The summed E-state index contributed by atoms with van der Waals surface area (Å²) in [4.78, 5) is 20.1. The summed E-state index contributed by atoms with van der Waals surface area (Å²) in [5.41, 5.74) is 2.19. The molecule has 1 aliphatic heterocycles. The van der Waals surface area contributed by atoms with Crippen molar-refractivity contribution in [3.8, 4) is 5.75 Å². The van der Waals surface area contributed by atoms with Crippen LogP contribution in [0.15, 0.2) is 54.6 Å². The molecule has 6 rings (SSSR count). The number of piperidine rings is 1. The van der Waals surface area contributed by atoms with Crippen LogP contribution < -0.4 is 10.1 Å². The first-order valence-corrected chi connectivity index (χ1v) is 14.3. The molecule has 2 heterocycles. The molecule has 1 saturated heterocycles. The number of benzene rings is 2. The normalized spacial score (nSPS) is 24.9. The summed E-state index contributed by atoms with van der Waals surface area (Å²) in [5.74, 6) is 5.07. The lowest BCUT2D eigenvalue weighted by molar-refractivity contribution is -0.123. The molecule has 196 valence electrons. The summed E-state index contributed by atoms with van der Waals surface area (Å²) in [7, 11) is 0. The number of aromatic nitrogens is 2. The van der Waals surface area contributed by atoms with Gasteiger partial charge in [0.25, 0.3) is 0 Å². The Kier molecular flexibility index (Phi) is 7.18. The molecule has 2 saturated carbocycles. The summed E-state index contributed by atoms with van der Waals surface area (Å²) in [6.07, 6.45) is 7.69. The van der Waals surface area contributed by atoms with Crippen molar-refractivity contribution in [3.05, 3.63) is 60.4 Å². The fourth-order valence-corrected chi connectivity index (χ4v) is 7.21. The van der Waals surface area contributed by atoms with Gasteiger partial charge < -0.3 is 14.6 Å². The van der Waals surface area contributed by atoms with Crippen molar-refractivity contribution in [3.63, 3.8) is 0 Å². The van der Waals surface area contributed by atoms with Crippen LogP contribution in [0.3, 0.4) is 0 Å². The van der Waals surface area contributed by atoms with Gasteiger partial charge in [-0.05, 0) is 100 Å². The van der Waals surface area contributed by atoms with E-state index in [1.54, 1.807) is 0 Å². The molecule has 1 aromatic heterocycles. The van der Waals surface area contributed by atoms with Gasteiger partial charge in [-0.1, -0.05) is 36.8 Å². The SMILES string of the molecule is CC(NC(=O)CN1CCC(Cn2c(COc3ccccc3)nc3ccccc32)CC1)C1CC2CCC1C2. The number of imidazole rings is 1. The second-order valence-corrected chi connectivity index (χ2v) is 11.6. The highest BCUT2D eigenvalue weighted by molar-refractivity contribution is 5.78. The van der Waals surface area contributed by atoms with Crippen LogP contribution in [0, 0.1) is 23.7 Å². The summed E-state index contributed by atoms with van der Waals surface area (Å²) in [5, 5.41) is 3.35. The average Bonchev–Trinajstić information content (AvgIpc) is 3.64. The van der Waals surface area contributed by atoms with E-state index in [0.29, 0.717) is 31.0 Å². The van der Waals surface area contributed by atoms with Crippen molar-refractivity contribution >= 4 is 16.9 Å². The van der Waals surface area contributed by atoms with Gasteiger partial charge in [0.1, 0.15) is 18.2 Å². The molecule has 6 nitrogen and oxygen atoms in total. The summed E-state index contributed by atoms with van der Waals surface area (Å²) in [6.45, 7) is 6.10. The number of ether oxygens (including phenoxy) is 1. The quantitative estimate of drug-likeness (QED) is 0.435. The number of para-hydroxylation sites is 3. The van der Waals surface area contributed by atoms with E-state index >= 15 is 0 Å². The highest BCUT2D eigenvalue weighted by Crippen LogP contribution is 2.49. The molecule has 1 amide bonds. The Morgan fingerprint density at radius 3 is 2.57 bits per heavy atom. The predicted octanol–water partition coefficient (Wildman–Crippen LogP) is 5.27. The number of nitrogens with one attached hydrogen (secondary N) is 1. The van der Waals surface area contributed by atoms with Gasteiger partial charge in [0.05, 0.1) is 17.6 Å². The maximum Gasteiger partial charge on any atom is 0.234 e. The van der Waals surface area contributed by atoms with E-state index in [4.69, 9.17) is 9.72 Å². The van der Waals surface area contributed by atoms with Gasteiger partial charge in [-0.3, -0.25) is 9.69 Å². The fourth-order valence-electron chi connectivity index (χ4n) is 7.21. The van der Waals surface area contributed by atoms with Crippen LogP contribution in [0.25, 0.3) is 11.0 Å². The molecule has 6 heteroatoms. The molecule has 2 aromatic carbocycles. The molecule has 3 aromatic rings. The average molecular weight is 501 g/mol. The second kappa shape index (κ2) is 10.9. The van der Waals surface area contributed by atoms with Gasteiger partial charge >= 0.3 is 0 Å². The van der Waals surface area contributed by atoms with Crippen molar-refractivity contribution in [2.75, 3.05) is 19.6 Å². The first-order valence-electron chi connectivity index (χ1n) is 14.3. The first kappa shape index (κ1) is 24.5. The topological polar surface area (TPSA) is 59.4 Å². The molecule has 0 radical (unpaired) electrons. The third-order valence-corrected chi connectivity index (χ3v) is 9.18. The van der Waals surface area contributed by atoms with Crippen molar-refractivity contribution in [1.82, 2.24) is 19.8 Å². The lowest BCUT2D eigenvalue weighted by Gasteiger charge is -2.33. The van der Waals surface area contributed by atoms with Crippen LogP contribution in [-0.2, 0) is 17.9 Å². The Bertz CT molecular complexity index is 1200. The van der Waals surface area contributed by atoms with Gasteiger partial charge in [0.15, 0.2) is 0 Å². The van der Waals surface area contributed by atoms with Crippen LogP contribution in [0.1, 0.15) is 51.3 Å². The number of likely N-dealkylation sites (tertiary alicyclic amines) is 1. The van der Waals surface area contributed by atoms with Gasteiger partial charge in [-0.25, -0.2) is 4.98 Å². The number of nitrogens with zero attached hydrogens (tertiary/aromatic N) is 3. The Morgan fingerprint density at radius 1 is 1.03 bits per heavy atom. The zero-order valence-corrected chi connectivity index (χ0v) is 22.0. The second-order valence-electron chi connectivity index (χ2n) is 11.6. The minimum atomic E-state index is 0.203. The summed E-state index contributed by atoms with van der Waals surface area (Å²) in [6, 6.07) is 18.6. The zero-order valence-electron chi connectivity index (χ0n) is 22.0. The standard InChI is InChI=1S/C31H40N4O2/c1-22(27-18-24-11-12-25(27)17-24)32-31(36)20-34-15-13-23(14-16-34)19-35-29-10-6-5-9-28(29)33-30(35)21-37-26-7-3-2-4-8-26/h2-10,22-25,27H,11-21H2,1H3,(H,32,36). The Labute approximate surface area is 220 Å². The van der Waals surface area contributed by atoms with Gasteiger partial charge in [-0.15, -0.1) is 0 Å². The molecular formula is C31H40N4O2. The molecule has 2 aliphatic carbocycles. The Hall–Kier alpha value is -2.86. The molecule has 0 spiro atoms.